The van der Waals surface area contributed by atoms with Crippen LogP contribution in [0.5, 0.6) is 0 Å². The van der Waals surface area contributed by atoms with E-state index in [1.807, 2.05) is 30.5 Å². The summed E-state index contributed by atoms with van der Waals surface area (Å²) in [6.45, 7) is 5.17. The molecule has 3 N–H and O–H groups in total. The SMILES string of the molecule is Cc1cc(C(=O)CSc2n[nH]c(N)n2)c(C)n1-c1cccc(S(=O)(=O)N2CCOCC2)c1. The lowest BCUT2D eigenvalue weighted by Crippen LogP contribution is -2.40. The number of H-pyrrole nitrogens is 1. The van der Waals surface area contributed by atoms with Crippen LogP contribution in [0.25, 0.3) is 5.69 Å². The zero-order chi connectivity index (χ0) is 22.9. The summed E-state index contributed by atoms with van der Waals surface area (Å²) in [5, 5.41) is 6.87. The Labute approximate surface area is 190 Å². The van der Waals surface area contributed by atoms with Crippen molar-refractivity contribution in [2.24, 2.45) is 0 Å². The predicted molar refractivity (Wildman–Crippen MR) is 121 cm³/mol. The van der Waals surface area contributed by atoms with E-state index in [0.29, 0.717) is 42.7 Å². The van der Waals surface area contributed by atoms with Gasteiger partial charge in [-0.25, -0.2) is 13.5 Å². The molecule has 2 aromatic heterocycles. The number of thioether (sulfide) groups is 1. The Morgan fingerprint density at radius 3 is 2.69 bits per heavy atom. The molecule has 3 heterocycles. The number of ether oxygens (including phenoxy) is 1. The van der Waals surface area contributed by atoms with Crippen molar-refractivity contribution < 1.29 is 17.9 Å². The van der Waals surface area contributed by atoms with Crippen LogP contribution in [-0.2, 0) is 14.8 Å². The Kier molecular flexibility index (Phi) is 6.38. The largest absolute Gasteiger partial charge is 0.379 e. The normalized spacial score (nSPS) is 15.2. The van der Waals surface area contributed by atoms with Gasteiger partial charge in [-0.3, -0.25) is 4.79 Å². The number of nitrogens with two attached hydrogens (primary N) is 1. The molecule has 1 aliphatic rings. The Hall–Kier alpha value is -2.67. The molecular formula is C20H24N6O4S2. The van der Waals surface area contributed by atoms with Gasteiger partial charge in [0.1, 0.15) is 0 Å². The van der Waals surface area contributed by atoms with Crippen LogP contribution in [0.3, 0.4) is 0 Å². The van der Waals surface area contributed by atoms with E-state index in [2.05, 4.69) is 15.2 Å². The Bertz CT molecular complexity index is 1240. The minimum atomic E-state index is -3.62. The van der Waals surface area contributed by atoms with Crippen molar-refractivity contribution in [2.75, 3.05) is 37.8 Å². The highest BCUT2D eigenvalue weighted by Gasteiger charge is 2.27. The van der Waals surface area contributed by atoms with Crippen molar-refractivity contribution >= 4 is 33.5 Å². The van der Waals surface area contributed by atoms with Crippen molar-refractivity contribution in [3.05, 3.63) is 47.3 Å². The van der Waals surface area contributed by atoms with Crippen molar-refractivity contribution in [3.8, 4) is 5.69 Å². The monoisotopic (exact) mass is 476 g/mol. The third-order valence-corrected chi connectivity index (χ3v) is 7.97. The van der Waals surface area contributed by atoms with E-state index in [1.165, 1.54) is 16.1 Å². The molecule has 1 saturated heterocycles. The predicted octanol–water partition coefficient (Wildman–Crippen LogP) is 1.79. The number of morpholine rings is 1. The summed E-state index contributed by atoms with van der Waals surface area (Å²) in [5.74, 6) is 0.285. The molecule has 0 atom stereocenters. The van der Waals surface area contributed by atoms with Crippen molar-refractivity contribution in [3.63, 3.8) is 0 Å². The van der Waals surface area contributed by atoms with E-state index < -0.39 is 10.0 Å². The maximum absolute atomic E-state index is 13.1. The van der Waals surface area contributed by atoms with E-state index >= 15 is 0 Å². The number of anilines is 1. The van der Waals surface area contributed by atoms with E-state index in [1.54, 1.807) is 18.2 Å². The summed E-state index contributed by atoms with van der Waals surface area (Å²) in [5.41, 5.74) is 8.34. The molecule has 4 rings (SSSR count). The van der Waals surface area contributed by atoms with Gasteiger partial charge in [-0.15, -0.1) is 5.10 Å². The fourth-order valence-corrected chi connectivity index (χ4v) is 5.83. The van der Waals surface area contributed by atoms with Crippen LogP contribution >= 0.6 is 11.8 Å². The number of nitrogen functional groups attached to an aromatic ring is 1. The summed E-state index contributed by atoms with van der Waals surface area (Å²) in [6, 6.07) is 8.59. The fourth-order valence-electron chi connectivity index (χ4n) is 3.69. The molecule has 1 aliphatic heterocycles. The highest BCUT2D eigenvalue weighted by molar-refractivity contribution is 7.99. The first-order chi connectivity index (χ1) is 15.3. The molecule has 10 nitrogen and oxygen atoms in total. The molecule has 0 radical (unpaired) electrons. The van der Waals surface area contributed by atoms with Gasteiger partial charge in [-0.05, 0) is 38.1 Å². The number of Topliss-reactive ketones (excluding diaryl/α,β-unsaturated/α-hetero) is 1. The number of hydrogen-bond acceptors (Lipinski definition) is 8. The van der Waals surface area contributed by atoms with Gasteiger partial charge in [-0.2, -0.15) is 9.29 Å². The van der Waals surface area contributed by atoms with Gasteiger partial charge in [0.05, 0.1) is 23.9 Å². The van der Waals surface area contributed by atoms with E-state index in [0.717, 1.165) is 11.4 Å². The number of benzene rings is 1. The molecule has 0 saturated carbocycles. The van der Waals surface area contributed by atoms with Crippen LogP contribution in [-0.4, -0.2) is 70.3 Å². The van der Waals surface area contributed by atoms with E-state index in [-0.39, 0.29) is 22.4 Å². The topological polar surface area (TPSA) is 136 Å². The van der Waals surface area contributed by atoms with Crippen molar-refractivity contribution in [1.29, 1.82) is 0 Å². The molecule has 12 heteroatoms. The maximum Gasteiger partial charge on any atom is 0.243 e. The van der Waals surface area contributed by atoms with Gasteiger partial charge < -0.3 is 15.0 Å². The third-order valence-electron chi connectivity index (χ3n) is 5.23. The number of carbonyl (C=O) groups is 1. The zero-order valence-corrected chi connectivity index (χ0v) is 19.4. The highest BCUT2D eigenvalue weighted by atomic mass is 32.2. The summed E-state index contributed by atoms with van der Waals surface area (Å²) >= 11 is 1.20. The van der Waals surface area contributed by atoms with Crippen molar-refractivity contribution in [2.45, 2.75) is 23.9 Å². The molecule has 32 heavy (non-hydrogen) atoms. The van der Waals surface area contributed by atoms with Crippen molar-refractivity contribution in [1.82, 2.24) is 24.1 Å². The maximum atomic E-state index is 13.1. The number of aromatic nitrogens is 4. The van der Waals surface area contributed by atoms with Gasteiger partial charge in [0.2, 0.25) is 21.1 Å². The van der Waals surface area contributed by atoms with Crippen LogP contribution in [0.4, 0.5) is 5.95 Å². The van der Waals surface area contributed by atoms with E-state index in [4.69, 9.17) is 10.5 Å². The first-order valence-corrected chi connectivity index (χ1v) is 12.4. The third kappa shape index (κ3) is 4.44. The number of rotatable bonds is 7. The quantitative estimate of drug-likeness (QED) is 0.389. The molecule has 0 spiro atoms. The van der Waals surface area contributed by atoms with Gasteiger partial charge in [0.25, 0.3) is 0 Å². The van der Waals surface area contributed by atoms with Gasteiger partial charge in [0, 0.05) is 35.7 Å². The Balaban J connectivity index is 1.60. The standard InChI is InChI=1S/C20H24N6O4S2/c1-13-10-17(18(27)12-31-20-22-19(21)23-24-20)14(2)26(13)15-4-3-5-16(11-15)32(28,29)25-6-8-30-9-7-25/h3-5,10-11H,6-9,12H2,1-2H3,(H3,21,22,23,24). The Morgan fingerprint density at radius 2 is 2.00 bits per heavy atom. The fraction of sp³-hybridized carbons (Fsp3) is 0.350. The summed E-state index contributed by atoms with van der Waals surface area (Å²) in [4.78, 5) is 17.0. The molecular weight excluding hydrogens is 452 g/mol. The van der Waals surface area contributed by atoms with Crippen LogP contribution in [0.2, 0.25) is 0 Å². The Morgan fingerprint density at radius 1 is 1.25 bits per heavy atom. The lowest BCUT2D eigenvalue weighted by molar-refractivity contribution is 0.0730. The molecule has 1 aromatic carbocycles. The molecule has 0 bridgehead atoms. The number of nitrogens with one attached hydrogen (secondary N) is 1. The molecule has 0 unspecified atom stereocenters. The molecule has 3 aromatic rings. The second-order valence-electron chi connectivity index (χ2n) is 7.35. The number of aryl methyl sites for hydroxylation is 1. The first-order valence-electron chi connectivity index (χ1n) is 9.98. The average Bonchev–Trinajstić information content (AvgIpc) is 3.34. The minimum absolute atomic E-state index is 0.0742. The zero-order valence-electron chi connectivity index (χ0n) is 17.7. The smallest absolute Gasteiger partial charge is 0.243 e. The highest BCUT2D eigenvalue weighted by Crippen LogP contribution is 2.26. The number of carbonyl (C=O) groups excluding carboxylic acids is 1. The van der Waals surface area contributed by atoms with Gasteiger partial charge in [-0.1, -0.05) is 17.8 Å². The second kappa shape index (κ2) is 9.06. The summed E-state index contributed by atoms with van der Waals surface area (Å²) in [6.07, 6.45) is 0. The summed E-state index contributed by atoms with van der Waals surface area (Å²) in [7, 11) is -3.62. The molecule has 170 valence electrons. The molecule has 0 amide bonds. The second-order valence-corrected chi connectivity index (χ2v) is 10.2. The van der Waals surface area contributed by atoms with Gasteiger partial charge in [0.15, 0.2) is 5.78 Å². The van der Waals surface area contributed by atoms with Gasteiger partial charge >= 0.3 is 0 Å². The molecule has 1 fully saturated rings. The van der Waals surface area contributed by atoms with Crippen LogP contribution in [0, 0.1) is 13.8 Å². The lowest BCUT2D eigenvalue weighted by Gasteiger charge is -2.26. The number of nitrogens with zero attached hydrogens (tertiary/aromatic N) is 4. The first kappa shape index (κ1) is 22.5. The van der Waals surface area contributed by atoms with Crippen LogP contribution < -0.4 is 5.73 Å². The van der Waals surface area contributed by atoms with Crippen LogP contribution in [0.1, 0.15) is 21.7 Å². The minimum Gasteiger partial charge on any atom is -0.379 e. The van der Waals surface area contributed by atoms with Crippen LogP contribution in [0.15, 0.2) is 40.4 Å². The lowest BCUT2D eigenvalue weighted by atomic mass is 10.2. The average molecular weight is 477 g/mol. The number of ketones is 1. The van der Waals surface area contributed by atoms with E-state index in [9.17, 15) is 13.2 Å². The number of aromatic amines is 1. The molecule has 0 aliphatic carbocycles. The summed E-state index contributed by atoms with van der Waals surface area (Å²) < 4.78 is 34.7. The number of sulfonamides is 1. The number of hydrogen-bond donors (Lipinski definition) is 2.